The molecular weight excluding hydrogens is 162 g/mol. The topological polar surface area (TPSA) is 29.9 Å². The van der Waals surface area contributed by atoms with Crippen LogP contribution in [0.4, 0.5) is 0 Å². The molecular formula is C10H15N3. The van der Waals surface area contributed by atoms with Crippen molar-refractivity contribution in [3.05, 3.63) is 18.0 Å². The molecule has 0 saturated carbocycles. The van der Waals surface area contributed by atoms with Gasteiger partial charge in [-0.05, 0) is 19.4 Å². The molecule has 0 bridgehead atoms. The summed E-state index contributed by atoms with van der Waals surface area (Å²) < 4.78 is 1.91. The highest BCUT2D eigenvalue weighted by Gasteiger charge is 1.96. The largest absolute Gasteiger partial charge is 0.302 e. The molecule has 0 radical (unpaired) electrons. The molecule has 1 N–H and O–H groups in total. The van der Waals surface area contributed by atoms with Gasteiger partial charge in [0.25, 0.3) is 0 Å². The van der Waals surface area contributed by atoms with E-state index in [9.17, 15) is 0 Å². The van der Waals surface area contributed by atoms with Crippen LogP contribution in [0.3, 0.4) is 0 Å². The summed E-state index contributed by atoms with van der Waals surface area (Å²) in [5.74, 6) is 2.62. The summed E-state index contributed by atoms with van der Waals surface area (Å²) in [5, 5.41) is 7.36. The van der Waals surface area contributed by atoms with Crippen LogP contribution in [-0.4, -0.2) is 22.4 Å². The Morgan fingerprint density at radius 1 is 1.77 bits per heavy atom. The highest BCUT2D eigenvalue weighted by Crippen LogP contribution is 1.92. The van der Waals surface area contributed by atoms with Gasteiger partial charge < -0.3 is 5.32 Å². The maximum Gasteiger partial charge on any atom is 0.0658 e. The number of rotatable bonds is 4. The van der Waals surface area contributed by atoms with Crippen LogP contribution in [0.1, 0.15) is 12.5 Å². The molecule has 0 fully saturated rings. The molecule has 1 aromatic heterocycles. The van der Waals surface area contributed by atoms with Crippen LogP contribution in [-0.2, 0) is 6.54 Å². The first kappa shape index (κ1) is 9.82. The molecule has 3 nitrogen and oxygen atoms in total. The molecule has 0 amide bonds. The predicted molar refractivity (Wildman–Crippen MR) is 53.3 cm³/mol. The average Bonchev–Trinajstić information content (AvgIpc) is 2.51. The summed E-state index contributed by atoms with van der Waals surface area (Å²) in [6.07, 6.45) is 9.09. The van der Waals surface area contributed by atoms with Gasteiger partial charge in [0.2, 0.25) is 0 Å². The molecule has 0 aliphatic rings. The first-order valence-corrected chi connectivity index (χ1v) is 4.41. The monoisotopic (exact) mass is 177 g/mol. The number of terminal acetylenes is 1. The third kappa shape index (κ3) is 3.30. The Bertz CT molecular complexity index is 295. The van der Waals surface area contributed by atoms with Crippen LogP contribution in [0.5, 0.6) is 0 Å². The van der Waals surface area contributed by atoms with E-state index in [0.717, 1.165) is 13.1 Å². The van der Waals surface area contributed by atoms with Crippen molar-refractivity contribution >= 4 is 0 Å². The smallest absolute Gasteiger partial charge is 0.0658 e. The first-order valence-electron chi connectivity index (χ1n) is 4.41. The zero-order valence-electron chi connectivity index (χ0n) is 8.12. The van der Waals surface area contributed by atoms with Crippen molar-refractivity contribution in [2.45, 2.75) is 26.4 Å². The lowest BCUT2D eigenvalue weighted by molar-refractivity contribution is 0.540. The lowest BCUT2D eigenvalue weighted by atomic mass is 10.3. The number of nitrogens with one attached hydrogen (secondary N) is 1. The maximum absolute atomic E-state index is 5.22. The van der Waals surface area contributed by atoms with Gasteiger partial charge in [-0.3, -0.25) is 4.68 Å². The standard InChI is InChI=1S/C10H15N3/c1-4-10(3)11-5-6-13-8-9(2)7-12-13/h1,7-8,10-11H,5-6H2,2-3H3. The van der Waals surface area contributed by atoms with E-state index >= 15 is 0 Å². The second-order valence-electron chi connectivity index (χ2n) is 3.12. The molecule has 0 aliphatic heterocycles. The third-order valence-corrected chi connectivity index (χ3v) is 1.80. The summed E-state index contributed by atoms with van der Waals surface area (Å²) in [4.78, 5) is 0. The van der Waals surface area contributed by atoms with Gasteiger partial charge in [0.05, 0.1) is 18.8 Å². The number of aryl methyl sites for hydroxylation is 1. The van der Waals surface area contributed by atoms with Gasteiger partial charge in [-0.1, -0.05) is 5.92 Å². The zero-order valence-corrected chi connectivity index (χ0v) is 8.12. The van der Waals surface area contributed by atoms with E-state index in [0.29, 0.717) is 0 Å². The second kappa shape index (κ2) is 4.68. The number of nitrogens with zero attached hydrogens (tertiary/aromatic N) is 2. The quantitative estimate of drug-likeness (QED) is 0.689. The summed E-state index contributed by atoms with van der Waals surface area (Å²) >= 11 is 0. The van der Waals surface area contributed by atoms with E-state index in [1.54, 1.807) is 0 Å². The van der Waals surface area contributed by atoms with Crippen molar-refractivity contribution < 1.29 is 0 Å². The molecule has 70 valence electrons. The fraction of sp³-hybridized carbons (Fsp3) is 0.500. The molecule has 1 aromatic rings. The summed E-state index contributed by atoms with van der Waals surface area (Å²) in [6.45, 7) is 5.71. The lowest BCUT2D eigenvalue weighted by Gasteiger charge is -2.06. The average molecular weight is 177 g/mol. The minimum Gasteiger partial charge on any atom is -0.302 e. The van der Waals surface area contributed by atoms with E-state index in [1.165, 1.54) is 5.56 Å². The molecule has 1 heterocycles. The van der Waals surface area contributed by atoms with Crippen LogP contribution in [0.25, 0.3) is 0 Å². The Balaban J connectivity index is 2.25. The summed E-state index contributed by atoms with van der Waals surface area (Å²) in [7, 11) is 0. The fourth-order valence-corrected chi connectivity index (χ4v) is 1.04. The van der Waals surface area contributed by atoms with Crippen LogP contribution < -0.4 is 5.32 Å². The van der Waals surface area contributed by atoms with E-state index in [1.807, 2.05) is 30.9 Å². The summed E-state index contributed by atoms with van der Waals surface area (Å²) in [5.41, 5.74) is 1.19. The van der Waals surface area contributed by atoms with Crippen molar-refractivity contribution in [3.8, 4) is 12.3 Å². The van der Waals surface area contributed by atoms with Crippen molar-refractivity contribution in [2.75, 3.05) is 6.54 Å². The van der Waals surface area contributed by atoms with Gasteiger partial charge in [-0.15, -0.1) is 6.42 Å². The van der Waals surface area contributed by atoms with E-state index < -0.39 is 0 Å². The molecule has 0 spiro atoms. The normalized spacial score (nSPS) is 12.4. The molecule has 3 heteroatoms. The SMILES string of the molecule is C#CC(C)NCCn1cc(C)cn1. The van der Waals surface area contributed by atoms with E-state index in [2.05, 4.69) is 16.3 Å². The molecule has 1 rings (SSSR count). The Morgan fingerprint density at radius 2 is 2.54 bits per heavy atom. The number of hydrogen-bond acceptors (Lipinski definition) is 2. The van der Waals surface area contributed by atoms with Gasteiger partial charge in [0.15, 0.2) is 0 Å². The summed E-state index contributed by atoms with van der Waals surface area (Å²) in [6, 6.07) is 0.136. The Morgan fingerprint density at radius 3 is 3.08 bits per heavy atom. The highest BCUT2D eigenvalue weighted by molar-refractivity contribution is 4.99. The van der Waals surface area contributed by atoms with Crippen LogP contribution in [0.15, 0.2) is 12.4 Å². The van der Waals surface area contributed by atoms with Gasteiger partial charge >= 0.3 is 0 Å². The lowest BCUT2D eigenvalue weighted by Crippen LogP contribution is -2.28. The third-order valence-electron chi connectivity index (χ3n) is 1.80. The Labute approximate surface area is 79.1 Å². The van der Waals surface area contributed by atoms with E-state index in [-0.39, 0.29) is 6.04 Å². The number of hydrogen-bond donors (Lipinski definition) is 1. The van der Waals surface area contributed by atoms with Crippen molar-refractivity contribution in [2.24, 2.45) is 0 Å². The van der Waals surface area contributed by atoms with Crippen molar-refractivity contribution in [1.29, 1.82) is 0 Å². The molecule has 0 aromatic carbocycles. The van der Waals surface area contributed by atoms with Gasteiger partial charge in [0, 0.05) is 12.7 Å². The molecule has 13 heavy (non-hydrogen) atoms. The predicted octanol–water partition coefficient (Wildman–Crippen LogP) is 0.803. The molecule has 1 atom stereocenters. The van der Waals surface area contributed by atoms with Gasteiger partial charge in [0.1, 0.15) is 0 Å². The van der Waals surface area contributed by atoms with Gasteiger partial charge in [-0.25, -0.2) is 0 Å². The highest BCUT2D eigenvalue weighted by atomic mass is 15.3. The van der Waals surface area contributed by atoms with Crippen LogP contribution in [0, 0.1) is 19.3 Å². The van der Waals surface area contributed by atoms with E-state index in [4.69, 9.17) is 6.42 Å². The fourth-order valence-electron chi connectivity index (χ4n) is 1.04. The van der Waals surface area contributed by atoms with Crippen LogP contribution in [0.2, 0.25) is 0 Å². The first-order chi connectivity index (χ1) is 6.22. The Hall–Kier alpha value is -1.27. The molecule has 1 unspecified atom stereocenters. The minimum atomic E-state index is 0.136. The van der Waals surface area contributed by atoms with Crippen molar-refractivity contribution in [3.63, 3.8) is 0 Å². The minimum absolute atomic E-state index is 0.136. The van der Waals surface area contributed by atoms with Gasteiger partial charge in [-0.2, -0.15) is 5.10 Å². The maximum atomic E-state index is 5.22. The van der Waals surface area contributed by atoms with Crippen molar-refractivity contribution in [1.82, 2.24) is 15.1 Å². The Kier molecular flexibility index (Phi) is 3.53. The second-order valence-corrected chi connectivity index (χ2v) is 3.12. The molecule has 0 saturated heterocycles. The molecule has 0 aliphatic carbocycles. The number of aromatic nitrogens is 2. The van der Waals surface area contributed by atoms with Crippen LogP contribution >= 0.6 is 0 Å². The zero-order chi connectivity index (χ0) is 9.68.